The average molecular weight is 720 g/mol. The third-order valence-corrected chi connectivity index (χ3v) is 8.96. The molecule has 4 aromatic heterocycles. The van der Waals surface area contributed by atoms with Gasteiger partial charge in [-0.1, -0.05) is 0 Å². The molecule has 26 heteroatoms. The molecule has 2 aliphatic heterocycles. The average Bonchev–Trinajstić information content (AvgIpc) is 3.77. The first-order chi connectivity index (χ1) is 22.8. The molecule has 0 saturated carbocycles. The van der Waals surface area contributed by atoms with Crippen LogP contribution in [-0.2, 0) is 32.6 Å². The van der Waals surface area contributed by atoms with Gasteiger partial charge in [-0.15, -0.1) is 0 Å². The minimum Gasteiger partial charge on any atom is -0.394 e. The number of aromatic amines is 2. The molecular weight excluding hydrogens is 690 g/mol. The Balaban J connectivity index is 1.14. The molecule has 262 valence electrons. The number of hydrogen-bond acceptors (Lipinski definition) is 18. The second kappa shape index (κ2) is 13.3. The van der Waals surface area contributed by atoms with E-state index in [1.54, 1.807) is 0 Å². The molecule has 10 atom stereocenters. The fourth-order valence-corrected chi connectivity index (χ4v) is 6.55. The maximum absolute atomic E-state index is 13.0. The summed E-state index contributed by atoms with van der Waals surface area (Å²) < 4.78 is 54.3. The number of aliphatic hydroxyl groups excluding tert-OH is 3. The maximum atomic E-state index is 13.0. The van der Waals surface area contributed by atoms with Crippen molar-refractivity contribution in [2.45, 2.75) is 49.1 Å². The highest BCUT2D eigenvalue weighted by atomic mass is 31.2. The first-order valence-corrected chi connectivity index (χ1v) is 17.2. The Bertz CT molecular complexity index is 2000. The summed E-state index contributed by atoms with van der Waals surface area (Å²) >= 11 is 0. The van der Waals surface area contributed by atoms with Gasteiger partial charge in [0, 0.05) is 0 Å². The van der Waals surface area contributed by atoms with Gasteiger partial charge >= 0.3 is 7.60 Å². The van der Waals surface area contributed by atoms with Crippen LogP contribution >= 0.6 is 15.6 Å². The highest BCUT2D eigenvalue weighted by Gasteiger charge is 2.49. The van der Waals surface area contributed by atoms with E-state index in [2.05, 4.69) is 29.9 Å². The summed E-state index contributed by atoms with van der Waals surface area (Å²) in [6.45, 7) is -1.41. The Morgan fingerprint density at radius 2 is 1.48 bits per heavy atom. The summed E-state index contributed by atoms with van der Waals surface area (Å²) in [5.41, 5.74) is 9.61. The molecule has 2 aliphatic rings. The molecule has 6 unspecified atom stereocenters. The van der Waals surface area contributed by atoms with Crippen LogP contribution in [0.3, 0.4) is 0 Å². The third kappa shape index (κ3) is 6.53. The normalized spacial score (nSPS) is 29.5. The van der Waals surface area contributed by atoms with Crippen LogP contribution in [0.1, 0.15) is 12.5 Å². The number of aliphatic hydroxyl groups is 3. The van der Waals surface area contributed by atoms with Crippen molar-refractivity contribution in [1.29, 1.82) is 0 Å². The number of hydrogen-bond donors (Lipinski definition) is 9. The lowest BCUT2D eigenvalue weighted by atomic mass is 10.1. The van der Waals surface area contributed by atoms with Crippen molar-refractivity contribution in [3.63, 3.8) is 0 Å². The highest BCUT2D eigenvalue weighted by molar-refractivity contribution is 7.52. The van der Waals surface area contributed by atoms with E-state index in [0.717, 1.165) is 12.7 Å². The van der Waals surface area contributed by atoms with Crippen LogP contribution in [0.5, 0.6) is 0 Å². The third-order valence-electron chi connectivity index (χ3n) is 7.52. The lowest BCUT2D eigenvalue weighted by Crippen LogP contribution is -2.37. The number of nitrogens with one attached hydrogen (secondary N) is 2. The molecule has 0 bridgehead atoms. The molecule has 24 nitrogen and oxygen atoms in total. The van der Waals surface area contributed by atoms with E-state index < -0.39 is 102 Å². The molecule has 4 aromatic rings. The van der Waals surface area contributed by atoms with Crippen LogP contribution in [0.15, 0.2) is 22.2 Å². The van der Waals surface area contributed by atoms with Crippen LogP contribution < -0.4 is 22.6 Å². The van der Waals surface area contributed by atoms with Gasteiger partial charge < -0.3 is 60.0 Å². The van der Waals surface area contributed by atoms with E-state index >= 15 is 0 Å². The topological polar surface area (TPSA) is 361 Å². The summed E-state index contributed by atoms with van der Waals surface area (Å²) in [6.07, 6.45) is -10.5. The SMILES string of the molecule is Nc1nc2c(ncn2[C@@H]2O[C@H](CO)C(OCP(=O)(O)OC[C@H]3O[C@@H](n4cnc5c(=O)[nH]c(N)nc54)C(OC[PH](=O)O)C3O)C2O)c(=O)[nH]1. The van der Waals surface area contributed by atoms with Crippen molar-refractivity contribution in [2.75, 3.05) is 37.4 Å². The standard InChI is InChI=1S/C22H30N10O14P2/c23-21-27-15-9(17(36)29-21)25-3-31(15)19-12(35)13(7(1-33)45-19)43-6-48(40,41)44-2-8-11(34)14(42-5-47(38)39)20(46-8)32-4-26-10-16(32)28-22(24)30-18(10)37/h3-4,7-8,11-14,19-20,33-35,47H,1-2,5-6H2,(H,38,39)(H,40,41)(H3,23,27,29,36)(H3,24,28,30,37)/t7-,8-,11?,12?,13?,14?,19-,20-/m1/s1. The summed E-state index contributed by atoms with van der Waals surface area (Å²) in [4.78, 5) is 64.7. The van der Waals surface area contributed by atoms with E-state index in [-0.39, 0.29) is 34.2 Å². The molecule has 11 N–H and O–H groups in total. The molecule has 0 aliphatic carbocycles. The lowest BCUT2D eigenvalue weighted by molar-refractivity contribution is -0.0632. The Morgan fingerprint density at radius 1 is 0.917 bits per heavy atom. The van der Waals surface area contributed by atoms with E-state index in [1.807, 2.05) is 0 Å². The van der Waals surface area contributed by atoms with Gasteiger partial charge in [-0.25, -0.2) is 9.97 Å². The van der Waals surface area contributed by atoms with Crippen molar-refractivity contribution < 1.29 is 57.7 Å². The summed E-state index contributed by atoms with van der Waals surface area (Å²) in [7, 11) is -7.84. The molecule has 6 heterocycles. The van der Waals surface area contributed by atoms with Crippen molar-refractivity contribution in [1.82, 2.24) is 39.0 Å². The number of ether oxygens (including phenoxy) is 4. The van der Waals surface area contributed by atoms with Crippen LogP contribution in [0.4, 0.5) is 11.9 Å². The van der Waals surface area contributed by atoms with E-state index in [4.69, 9.17) is 34.9 Å². The number of anilines is 2. The predicted octanol–water partition coefficient (Wildman–Crippen LogP) is -3.72. The largest absolute Gasteiger partial charge is 0.394 e. The van der Waals surface area contributed by atoms with E-state index in [1.165, 1.54) is 9.13 Å². The van der Waals surface area contributed by atoms with Gasteiger partial charge in [0.1, 0.15) is 49.3 Å². The number of nitrogens with zero attached hydrogens (tertiary/aromatic N) is 6. The van der Waals surface area contributed by atoms with Crippen molar-refractivity contribution in [3.05, 3.63) is 33.4 Å². The molecule has 2 fully saturated rings. The molecule has 6 rings (SSSR count). The molecule has 0 aromatic carbocycles. The van der Waals surface area contributed by atoms with Gasteiger partial charge in [0.25, 0.3) is 11.1 Å². The number of nitrogens with two attached hydrogens (primary N) is 2. The Morgan fingerprint density at radius 3 is 2.04 bits per heavy atom. The Hall–Kier alpha value is -3.64. The number of imidazole rings is 2. The Kier molecular flexibility index (Phi) is 9.52. The quantitative estimate of drug-likeness (QED) is 0.0635. The first kappa shape index (κ1) is 34.2. The molecule has 0 radical (unpaired) electrons. The van der Waals surface area contributed by atoms with Gasteiger partial charge in [-0.05, 0) is 0 Å². The lowest BCUT2D eigenvalue weighted by Gasteiger charge is -2.22. The summed E-state index contributed by atoms with van der Waals surface area (Å²) in [5.74, 6) is -0.485. The van der Waals surface area contributed by atoms with Crippen molar-refractivity contribution in [2.24, 2.45) is 0 Å². The van der Waals surface area contributed by atoms with Gasteiger partial charge in [-0.2, -0.15) is 9.97 Å². The zero-order valence-corrected chi connectivity index (χ0v) is 26.2. The number of aromatic nitrogens is 8. The first-order valence-electron chi connectivity index (χ1n) is 13.9. The molecule has 0 amide bonds. The minimum atomic E-state index is -4.68. The second-order valence-electron chi connectivity index (χ2n) is 10.7. The van der Waals surface area contributed by atoms with Crippen LogP contribution in [0, 0.1) is 0 Å². The Labute approximate surface area is 266 Å². The number of rotatable bonds is 12. The number of fused-ring (bicyclic) bond motifs is 2. The predicted molar refractivity (Wildman–Crippen MR) is 159 cm³/mol. The van der Waals surface area contributed by atoms with Gasteiger partial charge in [0.2, 0.25) is 19.9 Å². The smallest absolute Gasteiger partial charge is 0.353 e. The van der Waals surface area contributed by atoms with Crippen LogP contribution in [0.25, 0.3) is 22.3 Å². The number of H-pyrrole nitrogens is 2. The van der Waals surface area contributed by atoms with Crippen LogP contribution in [-0.4, -0.2) is 127 Å². The fraction of sp³-hybridized carbons (Fsp3) is 0.545. The molecule has 2 saturated heterocycles. The molecule has 48 heavy (non-hydrogen) atoms. The minimum absolute atomic E-state index is 0.0364. The van der Waals surface area contributed by atoms with E-state index in [0.29, 0.717) is 0 Å². The van der Waals surface area contributed by atoms with E-state index in [9.17, 15) is 43.8 Å². The van der Waals surface area contributed by atoms with Gasteiger partial charge in [-0.3, -0.25) is 37.8 Å². The monoisotopic (exact) mass is 720 g/mol. The zero-order chi connectivity index (χ0) is 34.5. The van der Waals surface area contributed by atoms with Crippen molar-refractivity contribution in [3.8, 4) is 0 Å². The molecule has 0 spiro atoms. The van der Waals surface area contributed by atoms with Crippen molar-refractivity contribution >= 4 is 49.8 Å². The second-order valence-corrected chi connectivity index (χ2v) is 13.6. The molecular formula is C22H30N10O14P2. The van der Waals surface area contributed by atoms with Gasteiger partial charge in [0.15, 0.2) is 34.8 Å². The summed E-state index contributed by atoms with van der Waals surface area (Å²) in [6, 6.07) is 0. The number of nitrogen functional groups attached to an aromatic ring is 2. The fourth-order valence-electron chi connectivity index (χ4n) is 5.40. The highest BCUT2D eigenvalue weighted by Crippen LogP contribution is 2.45. The van der Waals surface area contributed by atoms with Gasteiger partial charge in [0.05, 0.1) is 25.9 Å². The zero-order valence-electron chi connectivity index (χ0n) is 24.3. The van der Waals surface area contributed by atoms with Crippen LogP contribution in [0.2, 0.25) is 0 Å². The maximum Gasteiger partial charge on any atom is 0.353 e. The summed E-state index contributed by atoms with van der Waals surface area (Å²) in [5, 5.41) is 31.8.